The summed E-state index contributed by atoms with van der Waals surface area (Å²) in [5.41, 5.74) is 1.48. The number of alkyl carbamates (subject to hydrolysis) is 1. The van der Waals surface area contributed by atoms with Crippen LogP contribution >= 0.6 is 0 Å². The number of carbonyl (C=O) groups is 2. The van der Waals surface area contributed by atoms with Gasteiger partial charge in [-0.15, -0.1) is 0 Å². The molecule has 3 aromatic carbocycles. The standard InChI is InChI=1S/C26H30N2O3/c1-26(2,3)31-25(30)28-23(24(29)27-16-15-19-9-5-4-6-10-19)18-20-13-14-21-11-7-8-12-22(21)17-20/h4-14,17,23H,15-16,18H2,1-3H3,(H,27,29)(H,28,30)/t23-/m1/s1. The quantitative estimate of drug-likeness (QED) is 0.588. The summed E-state index contributed by atoms with van der Waals surface area (Å²) < 4.78 is 5.37. The Hall–Kier alpha value is -3.34. The summed E-state index contributed by atoms with van der Waals surface area (Å²) in [6.45, 7) is 5.88. The lowest BCUT2D eigenvalue weighted by Crippen LogP contribution is -2.49. The minimum absolute atomic E-state index is 0.227. The van der Waals surface area contributed by atoms with Crippen molar-refractivity contribution in [1.82, 2.24) is 10.6 Å². The number of carbonyl (C=O) groups excluding carboxylic acids is 2. The monoisotopic (exact) mass is 418 g/mol. The van der Waals surface area contributed by atoms with Gasteiger partial charge in [-0.2, -0.15) is 0 Å². The van der Waals surface area contributed by atoms with Crippen LogP contribution in [-0.4, -0.2) is 30.2 Å². The van der Waals surface area contributed by atoms with Crippen molar-refractivity contribution in [2.45, 2.75) is 45.3 Å². The Morgan fingerprint density at radius 1 is 0.871 bits per heavy atom. The second-order valence-corrected chi connectivity index (χ2v) is 8.61. The molecule has 3 aromatic rings. The zero-order valence-electron chi connectivity index (χ0n) is 18.4. The summed E-state index contributed by atoms with van der Waals surface area (Å²) in [6.07, 6.45) is 0.500. The molecule has 1 atom stereocenters. The summed E-state index contributed by atoms with van der Waals surface area (Å²) in [5, 5.41) is 7.93. The van der Waals surface area contributed by atoms with Gasteiger partial charge in [-0.3, -0.25) is 4.79 Å². The largest absolute Gasteiger partial charge is 0.444 e. The minimum atomic E-state index is -0.730. The molecule has 0 aromatic heterocycles. The molecule has 0 unspecified atom stereocenters. The van der Waals surface area contributed by atoms with Gasteiger partial charge in [0.25, 0.3) is 0 Å². The first-order chi connectivity index (χ1) is 14.8. The zero-order chi connectivity index (χ0) is 22.3. The van der Waals surface area contributed by atoms with E-state index in [1.807, 2.05) is 66.7 Å². The molecule has 2 amide bonds. The smallest absolute Gasteiger partial charge is 0.408 e. The van der Waals surface area contributed by atoms with Crippen LogP contribution in [0.3, 0.4) is 0 Å². The van der Waals surface area contributed by atoms with Crippen molar-refractivity contribution >= 4 is 22.8 Å². The van der Waals surface area contributed by atoms with Gasteiger partial charge in [0.15, 0.2) is 0 Å². The Morgan fingerprint density at radius 2 is 1.55 bits per heavy atom. The molecule has 0 saturated carbocycles. The van der Waals surface area contributed by atoms with Crippen LogP contribution in [0.5, 0.6) is 0 Å². The number of hydrogen-bond donors (Lipinski definition) is 2. The van der Waals surface area contributed by atoms with E-state index in [1.54, 1.807) is 20.8 Å². The van der Waals surface area contributed by atoms with Crippen molar-refractivity contribution in [2.24, 2.45) is 0 Å². The predicted octanol–water partition coefficient (Wildman–Crippen LogP) is 4.63. The molecule has 0 fully saturated rings. The molecule has 0 aliphatic carbocycles. The molecule has 5 nitrogen and oxygen atoms in total. The molecule has 162 valence electrons. The summed E-state index contributed by atoms with van der Waals surface area (Å²) in [5.74, 6) is -0.227. The highest BCUT2D eigenvalue weighted by Crippen LogP contribution is 2.17. The second kappa shape index (κ2) is 10.1. The Balaban J connectivity index is 1.69. The van der Waals surface area contributed by atoms with Crippen LogP contribution in [0.4, 0.5) is 4.79 Å². The van der Waals surface area contributed by atoms with Crippen molar-refractivity contribution in [1.29, 1.82) is 0 Å². The van der Waals surface area contributed by atoms with Gasteiger partial charge in [0.1, 0.15) is 11.6 Å². The topological polar surface area (TPSA) is 67.4 Å². The number of hydrogen-bond acceptors (Lipinski definition) is 3. The van der Waals surface area contributed by atoms with E-state index in [9.17, 15) is 9.59 Å². The van der Waals surface area contributed by atoms with Gasteiger partial charge in [-0.1, -0.05) is 72.8 Å². The molecular weight excluding hydrogens is 388 g/mol. The summed E-state index contributed by atoms with van der Waals surface area (Å²) in [6, 6.07) is 23.4. The fourth-order valence-corrected chi connectivity index (χ4v) is 3.36. The normalized spacial score (nSPS) is 12.2. The van der Waals surface area contributed by atoms with Crippen LogP contribution in [-0.2, 0) is 22.4 Å². The molecule has 0 bridgehead atoms. The van der Waals surface area contributed by atoms with E-state index in [4.69, 9.17) is 4.74 Å². The van der Waals surface area contributed by atoms with Crippen molar-refractivity contribution in [2.75, 3.05) is 6.54 Å². The molecule has 5 heteroatoms. The number of fused-ring (bicyclic) bond motifs is 1. The molecule has 31 heavy (non-hydrogen) atoms. The number of benzene rings is 3. The maximum atomic E-state index is 12.9. The first-order valence-electron chi connectivity index (χ1n) is 10.6. The van der Waals surface area contributed by atoms with E-state index < -0.39 is 17.7 Å². The van der Waals surface area contributed by atoms with Gasteiger partial charge in [0, 0.05) is 13.0 Å². The Kier molecular flexibility index (Phi) is 7.29. The van der Waals surface area contributed by atoms with E-state index in [0.717, 1.165) is 28.3 Å². The maximum Gasteiger partial charge on any atom is 0.408 e. The summed E-state index contributed by atoms with van der Waals surface area (Å²) >= 11 is 0. The Labute approximate surface area is 183 Å². The molecule has 3 rings (SSSR count). The van der Waals surface area contributed by atoms with Crippen molar-refractivity contribution < 1.29 is 14.3 Å². The van der Waals surface area contributed by atoms with Gasteiger partial charge < -0.3 is 15.4 Å². The average molecular weight is 419 g/mol. The summed E-state index contributed by atoms with van der Waals surface area (Å²) in [4.78, 5) is 25.3. The summed E-state index contributed by atoms with van der Waals surface area (Å²) in [7, 11) is 0. The lowest BCUT2D eigenvalue weighted by molar-refractivity contribution is -0.123. The van der Waals surface area contributed by atoms with Gasteiger partial charge in [-0.25, -0.2) is 4.79 Å². The zero-order valence-corrected chi connectivity index (χ0v) is 18.4. The van der Waals surface area contributed by atoms with Crippen LogP contribution in [0.15, 0.2) is 72.8 Å². The Bertz CT molecular complexity index is 1030. The van der Waals surface area contributed by atoms with E-state index in [2.05, 4.69) is 16.7 Å². The predicted molar refractivity (Wildman–Crippen MR) is 124 cm³/mol. The fourth-order valence-electron chi connectivity index (χ4n) is 3.36. The molecular formula is C26H30N2O3. The SMILES string of the molecule is CC(C)(C)OC(=O)N[C@H](Cc1ccc2ccccc2c1)C(=O)NCCc1ccccc1. The third-order valence-corrected chi connectivity index (χ3v) is 4.82. The molecule has 0 heterocycles. The molecule has 0 aliphatic rings. The lowest BCUT2D eigenvalue weighted by Gasteiger charge is -2.23. The van der Waals surface area contributed by atoms with Crippen LogP contribution in [0.25, 0.3) is 10.8 Å². The first-order valence-corrected chi connectivity index (χ1v) is 10.6. The van der Waals surface area contributed by atoms with Crippen molar-refractivity contribution in [3.05, 3.63) is 83.9 Å². The number of nitrogens with one attached hydrogen (secondary N) is 2. The van der Waals surface area contributed by atoms with Gasteiger partial charge >= 0.3 is 6.09 Å². The molecule has 0 aliphatic heterocycles. The highest BCUT2D eigenvalue weighted by molar-refractivity contribution is 5.87. The van der Waals surface area contributed by atoms with Crippen LogP contribution in [0.2, 0.25) is 0 Å². The lowest BCUT2D eigenvalue weighted by atomic mass is 10.0. The Morgan fingerprint density at radius 3 is 2.26 bits per heavy atom. The van der Waals surface area contributed by atoms with Gasteiger partial charge in [0.05, 0.1) is 0 Å². The van der Waals surface area contributed by atoms with E-state index in [1.165, 1.54) is 0 Å². The highest BCUT2D eigenvalue weighted by atomic mass is 16.6. The fraction of sp³-hybridized carbons (Fsp3) is 0.308. The maximum absolute atomic E-state index is 12.9. The van der Waals surface area contributed by atoms with Gasteiger partial charge in [-0.05, 0) is 49.1 Å². The second-order valence-electron chi connectivity index (χ2n) is 8.61. The van der Waals surface area contributed by atoms with E-state index >= 15 is 0 Å². The van der Waals surface area contributed by atoms with Crippen LogP contribution < -0.4 is 10.6 Å². The molecule has 0 spiro atoms. The molecule has 0 radical (unpaired) electrons. The van der Waals surface area contributed by atoms with E-state index in [0.29, 0.717) is 13.0 Å². The number of rotatable bonds is 7. The number of amides is 2. The van der Waals surface area contributed by atoms with Crippen molar-refractivity contribution in [3.8, 4) is 0 Å². The van der Waals surface area contributed by atoms with Crippen LogP contribution in [0, 0.1) is 0 Å². The average Bonchev–Trinajstić information content (AvgIpc) is 2.72. The molecule has 0 saturated heterocycles. The van der Waals surface area contributed by atoms with Crippen LogP contribution in [0.1, 0.15) is 31.9 Å². The third kappa shape index (κ3) is 7.14. The van der Waals surface area contributed by atoms with Gasteiger partial charge in [0.2, 0.25) is 5.91 Å². The third-order valence-electron chi connectivity index (χ3n) is 4.82. The first kappa shape index (κ1) is 22.3. The van der Waals surface area contributed by atoms with Crippen molar-refractivity contribution in [3.63, 3.8) is 0 Å². The van der Waals surface area contributed by atoms with E-state index in [-0.39, 0.29) is 5.91 Å². The molecule has 2 N–H and O–H groups in total. The number of ether oxygens (including phenoxy) is 1. The minimum Gasteiger partial charge on any atom is -0.444 e. The highest BCUT2D eigenvalue weighted by Gasteiger charge is 2.24.